The lowest BCUT2D eigenvalue weighted by molar-refractivity contribution is 0.0769. The number of ether oxygens (including phenoxy) is 1. The molecule has 1 aromatic heterocycles. The van der Waals surface area contributed by atoms with E-state index in [1.807, 2.05) is 4.68 Å². The summed E-state index contributed by atoms with van der Waals surface area (Å²) in [6, 6.07) is 0. The highest BCUT2D eigenvalue weighted by molar-refractivity contribution is 5.08. The summed E-state index contributed by atoms with van der Waals surface area (Å²) >= 11 is 0. The summed E-state index contributed by atoms with van der Waals surface area (Å²) in [5.74, 6) is 1.74. The van der Waals surface area contributed by atoms with Crippen molar-refractivity contribution in [3.8, 4) is 0 Å². The van der Waals surface area contributed by atoms with Crippen LogP contribution in [0.2, 0.25) is 0 Å². The van der Waals surface area contributed by atoms with Crippen molar-refractivity contribution < 1.29 is 4.74 Å². The highest BCUT2D eigenvalue weighted by Crippen LogP contribution is 2.34. The lowest BCUT2D eigenvalue weighted by Gasteiger charge is -2.18. The minimum absolute atomic E-state index is 0.273. The van der Waals surface area contributed by atoms with E-state index >= 15 is 0 Å². The molecule has 0 aromatic carbocycles. The zero-order valence-electron chi connectivity index (χ0n) is 8.78. The first-order valence-electron chi connectivity index (χ1n) is 5.59. The third-order valence-electron chi connectivity index (χ3n) is 3.37. The van der Waals surface area contributed by atoms with Gasteiger partial charge in [-0.2, -0.15) is 5.10 Å². The zero-order chi connectivity index (χ0) is 10.3. The van der Waals surface area contributed by atoms with Crippen LogP contribution in [0.25, 0.3) is 0 Å². The molecule has 0 spiro atoms. The minimum Gasteiger partial charge on any atom is -0.372 e. The fourth-order valence-electron chi connectivity index (χ4n) is 2.42. The van der Waals surface area contributed by atoms with Crippen LogP contribution in [0.15, 0.2) is 0 Å². The van der Waals surface area contributed by atoms with Crippen LogP contribution >= 0.6 is 0 Å². The fourth-order valence-corrected chi connectivity index (χ4v) is 2.42. The third kappa shape index (κ3) is 1.46. The summed E-state index contributed by atoms with van der Waals surface area (Å²) in [5.41, 5.74) is 6.04. The molecule has 82 valence electrons. The van der Waals surface area contributed by atoms with E-state index < -0.39 is 0 Å². The van der Waals surface area contributed by atoms with E-state index in [4.69, 9.17) is 10.5 Å². The summed E-state index contributed by atoms with van der Waals surface area (Å²) in [6.07, 6.45) is 4.41. The van der Waals surface area contributed by atoms with E-state index in [-0.39, 0.29) is 5.54 Å². The van der Waals surface area contributed by atoms with E-state index in [1.54, 1.807) is 0 Å². The molecule has 0 radical (unpaired) electrons. The number of aromatic nitrogens is 3. The smallest absolute Gasteiger partial charge is 0.170 e. The van der Waals surface area contributed by atoms with Gasteiger partial charge in [-0.15, -0.1) is 0 Å². The molecule has 3 rings (SSSR count). The minimum atomic E-state index is -0.273. The molecule has 5 heteroatoms. The van der Waals surface area contributed by atoms with Crippen molar-refractivity contribution in [2.45, 2.75) is 44.4 Å². The van der Waals surface area contributed by atoms with Gasteiger partial charge in [0.2, 0.25) is 0 Å². The van der Waals surface area contributed by atoms with E-state index in [1.165, 1.54) is 12.8 Å². The van der Waals surface area contributed by atoms with Crippen molar-refractivity contribution in [3.05, 3.63) is 11.6 Å². The van der Waals surface area contributed by atoms with E-state index in [0.717, 1.165) is 37.6 Å². The van der Waals surface area contributed by atoms with Crippen molar-refractivity contribution in [2.75, 3.05) is 6.61 Å². The summed E-state index contributed by atoms with van der Waals surface area (Å²) in [6.45, 7) is 2.11. The largest absolute Gasteiger partial charge is 0.372 e. The van der Waals surface area contributed by atoms with Crippen molar-refractivity contribution in [2.24, 2.45) is 5.73 Å². The van der Waals surface area contributed by atoms with E-state index in [2.05, 4.69) is 10.1 Å². The van der Waals surface area contributed by atoms with Crippen molar-refractivity contribution in [1.82, 2.24) is 14.8 Å². The maximum Gasteiger partial charge on any atom is 0.170 e. The second-order valence-electron chi connectivity index (χ2n) is 4.49. The molecule has 1 aromatic rings. The maximum absolute atomic E-state index is 6.31. The summed E-state index contributed by atoms with van der Waals surface area (Å²) in [5, 5.41) is 4.51. The molecule has 5 nitrogen and oxygen atoms in total. The Morgan fingerprint density at radius 2 is 2.13 bits per heavy atom. The lowest BCUT2D eigenvalue weighted by Crippen LogP contribution is -2.34. The molecule has 0 saturated heterocycles. The lowest BCUT2D eigenvalue weighted by atomic mass is 9.99. The first-order valence-corrected chi connectivity index (χ1v) is 5.59. The Bertz CT molecular complexity index is 344. The molecule has 1 aliphatic heterocycles. The standard InChI is InChI=1S/C10H16N4O/c11-10(3-1-2-4-10)9-12-8-7-15-6-5-14(8)13-9/h1-7,11H2. The van der Waals surface area contributed by atoms with Crippen molar-refractivity contribution in [3.63, 3.8) is 0 Å². The molecule has 15 heavy (non-hydrogen) atoms. The number of nitrogens with zero attached hydrogens (tertiary/aromatic N) is 3. The molecule has 2 N–H and O–H groups in total. The molecule has 1 fully saturated rings. The first-order chi connectivity index (χ1) is 7.28. The zero-order valence-corrected chi connectivity index (χ0v) is 8.78. The Morgan fingerprint density at radius 3 is 2.87 bits per heavy atom. The van der Waals surface area contributed by atoms with Gasteiger partial charge >= 0.3 is 0 Å². The monoisotopic (exact) mass is 208 g/mol. The normalized spacial score (nSPS) is 24.1. The van der Waals surface area contributed by atoms with E-state index in [9.17, 15) is 0 Å². The van der Waals surface area contributed by atoms with E-state index in [0.29, 0.717) is 6.61 Å². The van der Waals surface area contributed by atoms with Gasteiger partial charge in [-0.3, -0.25) is 0 Å². The van der Waals surface area contributed by atoms with Gasteiger partial charge in [-0.1, -0.05) is 12.8 Å². The van der Waals surface area contributed by atoms with Gasteiger partial charge in [0.25, 0.3) is 0 Å². The number of hydrogen-bond donors (Lipinski definition) is 1. The van der Waals surface area contributed by atoms with Crippen LogP contribution in [0.1, 0.15) is 37.3 Å². The molecule has 2 heterocycles. The van der Waals surface area contributed by atoms with Gasteiger partial charge in [0, 0.05) is 0 Å². The molecule has 0 bridgehead atoms. The number of fused-ring (bicyclic) bond motifs is 1. The Balaban J connectivity index is 1.95. The summed E-state index contributed by atoms with van der Waals surface area (Å²) < 4.78 is 7.28. The molecular formula is C10H16N4O. The SMILES string of the molecule is NC1(c2nc3n(n2)CCOC3)CCCC1. The number of rotatable bonds is 1. The topological polar surface area (TPSA) is 66.0 Å². The molecule has 0 amide bonds. The van der Waals surface area contributed by atoms with Crippen LogP contribution in [0.3, 0.4) is 0 Å². The fraction of sp³-hybridized carbons (Fsp3) is 0.800. The predicted molar refractivity (Wildman–Crippen MR) is 54.0 cm³/mol. The Morgan fingerprint density at radius 1 is 1.33 bits per heavy atom. The molecular weight excluding hydrogens is 192 g/mol. The molecule has 0 unspecified atom stereocenters. The molecule has 2 aliphatic rings. The highest BCUT2D eigenvalue weighted by Gasteiger charge is 2.36. The average molecular weight is 208 g/mol. The van der Waals surface area contributed by atoms with Crippen LogP contribution in [-0.4, -0.2) is 21.4 Å². The Labute approximate surface area is 88.6 Å². The molecule has 0 atom stereocenters. The quantitative estimate of drug-likeness (QED) is 0.731. The van der Waals surface area contributed by atoms with Gasteiger partial charge in [0.15, 0.2) is 11.6 Å². The van der Waals surface area contributed by atoms with Crippen LogP contribution in [-0.2, 0) is 23.4 Å². The van der Waals surface area contributed by atoms with Crippen LogP contribution < -0.4 is 5.73 Å². The molecule has 1 aliphatic carbocycles. The van der Waals surface area contributed by atoms with Gasteiger partial charge in [0.05, 0.1) is 18.7 Å². The highest BCUT2D eigenvalue weighted by atomic mass is 16.5. The van der Waals surface area contributed by atoms with Crippen LogP contribution in [0.5, 0.6) is 0 Å². The van der Waals surface area contributed by atoms with Gasteiger partial charge in [-0.05, 0) is 12.8 Å². The van der Waals surface area contributed by atoms with Crippen molar-refractivity contribution >= 4 is 0 Å². The first kappa shape index (κ1) is 9.30. The maximum atomic E-state index is 6.31. The van der Waals surface area contributed by atoms with Gasteiger partial charge < -0.3 is 10.5 Å². The Hall–Kier alpha value is -0.940. The summed E-state index contributed by atoms with van der Waals surface area (Å²) in [4.78, 5) is 4.51. The third-order valence-corrected chi connectivity index (χ3v) is 3.37. The average Bonchev–Trinajstić information content (AvgIpc) is 2.84. The van der Waals surface area contributed by atoms with Crippen LogP contribution in [0.4, 0.5) is 0 Å². The molecule has 1 saturated carbocycles. The second kappa shape index (κ2) is 3.28. The van der Waals surface area contributed by atoms with Crippen molar-refractivity contribution in [1.29, 1.82) is 0 Å². The second-order valence-corrected chi connectivity index (χ2v) is 4.49. The predicted octanol–water partition coefficient (Wildman–Crippen LogP) is 0.536. The number of hydrogen-bond acceptors (Lipinski definition) is 4. The van der Waals surface area contributed by atoms with Gasteiger partial charge in [0.1, 0.15) is 6.61 Å². The Kier molecular flexibility index (Phi) is 2.03. The van der Waals surface area contributed by atoms with Gasteiger partial charge in [-0.25, -0.2) is 9.67 Å². The van der Waals surface area contributed by atoms with Crippen LogP contribution in [0, 0.1) is 0 Å². The number of nitrogens with two attached hydrogens (primary N) is 1. The summed E-state index contributed by atoms with van der Waals surface area (Å²) in [7, 11) is 0.